The minimum atomic E-state index is -1.62. The van der Waals surface area contributed by atoms with Crippen LogP contribution < -0.4 is 4.74 Å². The maximum absolute atomic E-state index is 13.2. The molecule has 1 aromatic rings. The molecule has 2 N–H and O–H groups in total. The Morgan fingerprint density at radius 3 is 2.72 bits per heavy atom. The van der Waals surface area contributed by atoms with Crippen LogP contribution in [0.5, 0.6) is 5.75 Å². The molecule has 0 fully saturated rings. The molecule has 0 bridgehead atoms. The molecule has 0 radical (unpaired) electrons. The molecule has 2 rings (SSSR count). The van der Waals surface area contributed by atoms with Gasteiger partial charge < -0.3 is 14.9 Å². The summed E-state index contributed by atoms with van der Waals surface area (Å²) in [6.45, 7) is 0.0954. The molecule has 0 saturated heterocycles. The Bertz CT molecular complexity index is 513. The van der Waals surface area contributed by atoms with Crippen molar-refractivity contribution in [3.05, 3.63) is 29.6 Å². The maximum atomic E-state index is 13.2. The van der Waals surface area contributed by atoms with Crippen LogP contribution in [0.4, 0.5) is 4.39 Å². The molecule has 0 spiro atoms. The summed E-state index contributed by atoms with van der Waals surface area (Å²) in [6, 6.07) is 3.51. The van der Waals surface area contributed by atoms with E-state index in [1.54, 1.807) is 0 Å². The Balaban J connectivity index is 2.59. The highest BCUT2D eigenvalue weighted by Crippen LogP contribution is 2.42. The van der Waals surface area contributed by atoms with Gasteiger partial charge >= 0.3 is 11.9 Å². The summed E-state index contributed by atoms with van der Waals surface area (Å²) in [5.41, 5.74) is -1.54. The minimum absolute atomic E-state index is 0.00505. The summed E-state index contributed by atoms with van der Waals surface area (Å²) >= 11 is 0. The molecule has 6 heteroatoms. The van der Waals surface area contributed by atoms with Crippen molar-refractivity contribution in [3.63, 3.8) is 0 Å². The van der Waals surface area contributed by atoms with Crippen LogP contribution in [0.2, 0.25) is 0 Å². The molecule has 1 aliphatic heterocycles. The summed E-state index contributed by atoms with van der Waals surface area (Å²) in [7, 11) is 0. The fourth-order valence-electron chi connectivity index (χ4n) is 2.21. The monoisotopic (exact) mass is 254 g/mol. The molecule has 18 heavy (non-hydrogen) atoms. The SMILES string of the molecule is O=C(O)CC1(C(=O)O)CCOc2ccc(F)cc21. The van der Waals surface area contributed by atoms with E-state index in [1.807, 2.05) is 0 Å². The number of fused-ring (bicyclic) bond motifs is 1. The number of aliphatic carboxylic acids is 2. The van der Waals surface area contributed by atoms with Crippen molar-refractivity contribution in [2.75, 3.05) is 6.61 Å². The lowest BCUT2D eigenvalue weighted by molar-refractivity contribution is -0.151. The molecule has 0 aliphatic carbocycles. The van der Waals surface area contributed by atoms with Crippen molar-refractivity contribution in [2.24, 2.45) is 0 Å². The third kappa shape index (κ3) is 1.90. The fraction of sp³-hybridized carbons (Fsp3) is 0.333. The quantitative estimate of drug-likeness (QED) is 0.851. The standard InChI is InChI=1S/C12H11FO5/c13-7-1-2-9-8(5-7)12(11(16)17,3-4-18-9)6-10(14)15/h1-2,5H,3-4,6H2,(H,14,15)(H,16,17). The molecular weight excluding hydrogens is 243 g/mol. The summed E-state index contributed by atoms with van der Waals surface area (Å²) < 4.78 is 18.5. The van der Waals surface area contributed by atoms with Gasteiger partial charge in [0.25, 0.3) is 0 Å². The summed E-state index contributed by atoms with van der Waals surface area (Å²) in [4.78, 5) is 22.3. The van der Waals surface area contributed by atoms with Crippen molar-refractivity contribution >= 4 is 11.9 Å². The van der Waals surface area contributed by atoms with Gasteiger partial charge in [-0.1, -0.05) is 0 Å². The van der Waals surface area contributed by atoms with Gasteiger partial charge in [0.05, 0.1) is 13.0 Å². The van der Waals surface area contributed by atoms with E-state index < -0.39 is 29.6 Å². The molecule has 1 heterocycles. The van der Waals surface area contributed by atoms with Crippen molar-refractivity contribution in [1.29, 1.82) is 0 Å². The predicted octanol–water partition coefficient (Wildman–Crippen LogP) is 1.41. The summed E-state index contributed by atoms with van der Waals surface area (Å²) in [6.07, 6.45) is -0.590. The van der Waals surface area contributed by atoms with E-state index in [4.69, 9.17) is 9.84 Å². The largest absolute Gasteiger partial charge is 0.493 e. The van der Waals surface area contributed by atoms with Crippen LogP contribution in [0, 0.1) is 5.82 Å². The van der Waals surface area contributed by atoms with Gasteiger partial charge in [0, 0.05) is 12.0 Å². The first kappa shape index (κ1) is 12.3. The summed E-state index contributed by atoms with van der Waals surface area (Å²) in [5, 5.41) is 18.2. The highest BCUT2D eigenvalue weighted by atomic mass is 19.1. The van der Waals surface area contributed by atoms with Crippen LogP contribution in [0.25, 0.3) is 0 Å². The highest BCUT2D eigenvalue weighted by molar-refractivity contribution is 5.88. The molecule has 1 atom stereocenters. The number of benzene rings is 1. The maximum Gasteiger partial charge on any atom is 0.315 e. The van der Waals surface area contributed by atoms with Gasteiger partial charge in [-0.05, 0) is 18.2 Å². The van der Waals surface area contributed by atoms with Crippen molar-refractivity contribution in [3.8, 4) is 5.75 Å². The van der Waals surface area contributed by atoms with E-state index in [2.05, 4.69) is 0 Å². The molecule has 96 valence electrons. The van der Waals surface area contributed by atoms with Crippen molar-refractivity contribution in [2.45, 2.75) is 18.3 Å². The van der Waals surface area contributed by atoms with Gasteiger partial charge in [-0.15, -0.1) is 0 Å². The van der Waals surface area contributed by atoms with Crippen LogP contribution in [0.1, 0.15) is 18.4 Å². The Morgan fingerprint density at radius 2 is 2.11 bits per heavy atom. The Labute approximate surface area is 102 Å². The molecule has 5 nitrogen and oxygen atoms in total. The summed E-state index contributed by atoms with van der Waals surface area (Å²) in [5.74, 6) is -2.91. The van der Waals surface area contributed by atoms with Gasteiger partial charge in [0.15, 0.2) is 0 Å². The fourth-order valence-corrected chi connectivity index (χ4v) is 2.21. The topological polar surface area (TPSA) is 83.8 Å². The van der Waals surface area contributed by atoms with Gasteiger partial charge in [-0.3, -0.25) is 9.59 Å². The number of carboxylic acids is 2. The number of carbonyl (C=O) groups is 2. The smallest absolute Gasteiger partial charge is 0.315 e. The molecule has 0 saturated carbocycles. The first-order chi connectivity index (χ1) is 8.45. The molecule has 1 aliphatic rings. The zero-order chi connectivity index (χ0) is 13.3. The Hall–Kier alpha value is -2.11. The number of rotatable bonds is 3. The van der Waals surface area contributed by atoms with Gasteiger partial charge in [-0.25, -0.2) is 4.39 Å². The lowest BCUT2D eigenvalue weighted by atomic mass is 9.73. The molecule has 0 amide bonds. The van der Waals surface area contributed by atoms with E-state index in [1.165, 1.54) is 6.07 Å². The minimum Gasteiger partial charge on any atom is -0.493 e. The Kier molecular flexibility index (Phi) is 2.94. The predicted molar refractivity (Wildman–Crippen MR) is 58.1 cm³/mol. The van der Waals surface area contributed by atoms with Crippen LogP contribution in [0.3, 0.4) is 0 Å². The third-order valence-corrected chi connectivity index (χ3v) is 3.11. The first-order valence-corrected chi connectivity index (χ1v) is 5.34. The van der Waals surface area contributed by atoms with Crippen LogP contribution in [-0.2, 0) is 15.0 Å². The number of carboxylic acid groups (broad SMARTS) is 2. The number of ether oxygens (including phenoxy) is 1. The molecule has 1 unspecified atom stereocenters. The van der Waals surface area contributed by atoms with E-state index in [9.17, 15) is 19.1 Å². The lowest BCUT2D eigenvalue weighted by Gasteiger charge is -2.34. The number of hydrogen-bond donors (Lipinski definition) is 2. The average molecular weight is 254 g/mol. The van der Waals surface area contributed by atoms with E-state index in [0.717, 1.165) is 12.1 Å². The van der Waals surface area contributed by atoms with Gasteiger partial charge in [0.1, 0.15) is 17.0 Å². The number of halogens is 1. The Morgan fingerprint density at radius 1 is 1.39 bits per heavy atom. The normalized spacial score (nSPS) is 21.8. The highest BCUT2D eigenvalue weighted by Gasteiger charge is 2.46. The second kappa shape index (κ2) is 4.29. The van der Waals surface area contributed by atoms with Crippen molar-refractivity contribution in [1.82, 2.24) is 0 Å². The van der Waals surface area contributed by atoms with E-state index in [-0.39, 0.29) is 24.3 Å². The van der Waals surface area contributed by atoms with Gasteiger partial charge in [0.2, 0.25) is 0 Å². The van der Waals surface area contributed by atoms with Crippen LogP contribution in [0.15, 0.2) is 18.2 Å². The number of hydrogen-bond acceptors (Lipinski definition) is 3. The van der Waals surface area contributed by atoms with E-state index in [0.29, 0.717) is 0 Å². The van der Waals surface area contributed by atoms with Gasteiger partial charge in [-0.2, -0.15) is 0 Å². The lowest BCUT2D eigenvalue weighted by Crippen LogP contribution is -2.42. The third-order valence-electron chi connectivity index (χ3n) is 3.11. The average Bonchev–Trinajstić information content (AvgIpc) is 2.29. The van der Waals surface area contributed by atoms with Crippen LogP contribution >= 0.6 is 0 Å². The molecule has 1 aromatic carbocycles. The van der Waals surface area contributed by atoms with E-state index >= 15 is 0 Å². The van der Waals surface area contributed by atoms with Crippen LogP contribution in [-0.4, -0.2) is 28.8 Å². The zero-order valence-electron chi connectivity index (χ0n) is 9.35. The second-order valence-electron chi connectivity index (χ2n) is 4.20. The molecule has 0 aromatic heterocycles. The molecular formula is C12H11FO5. The first-order valence-electron chi connectivity index (χ1n) is 5.34. The zero-order valence-corrected chi connectivity index (χ0v) is 9.35. The van der Waals surface area contributed by atoms with Crippen molar-refractivity contribution < 1.29 is 28.9 Å². The second-order valence-corrected chi connectivity index (χ2v) is 4.20.